The van der Waals surface area contributed by atoms with E-state index in [1.54, 1.807) is 13.2 Å². The normalized spacial score (nSPS) is 15.8. The van der Waals surface area contributed by atoms with Crippen molar-refractivity contribution in [2.45, 2.75) is 19.4 Å². The summed E-state index contributed by atoms with van der Waals surface area (Å²) in [4.78, 5) is 26.2. The number of likely N-dealkylation sites (tertiary alicyclic amines) is 1. The summed E-state index contributed by atoms with van der Waals surface area (Å²) >= 11 is 6.03. The van der Waals surface area contributed by atoms with E-state index in [1.807, 2.05) is 18.2 Å². The summed E-state index contributed by atoms with van der Waals surface area (Å²) in [7, 11) is 1.71. The Bertz CT molecular complexity index is 574. The maximum absolute atomic E-state index is 11.9. The fraction of sp³-hybridized carbons (Fsp3) is 0.556. The molecular weight excluding hydrogens is 342 g/mol. The molecule has 1 aliphatic rings. The molecule has 0 saturated carbocycles. The van der Waals surface area contributed by atoms with Gasteiger partial charge in [0.15, 0.2) is 0 Å². The highest BCUT2D eigenvalue weighted by atomic mass is 35.5. The fourth-order valence-corrected chi connectivity index (χ4v) is 3.05. The second kappa shape index (κ2) is 10.4. The van der Waals surface area contributed by atoms with Crippen LogP contribution >= 0.6 is 11.6 Å². The molecular formula is C18H26ClN3O3. The van der Waals surface area contributed by atoms with E-state index in [0.29, 0.717) is 17.5 Å². The third-order valence-corrected chi connectivity index (χ3v) is 4.84. The lowest BCUT2D eigenvalue weighted by atomic mass is 9.97. The molecule has 138 valence electrons. The van der Waals surface area contributed by atoms with E-state index in [9.17, 15) is 9.59 Å². The molecule has 1 aliphatic heterocycles. The summed E-state index contributed by atoms with van der Waals surface area (Å²) in [5.74, 6) is -0.801. The van der Waals surface area contributed by atoms with Crippen LogP contribution in [0, 0.1) is 5.92 Å². The highest BCUT2D eigenvalue weighted by Gasteiger charge is 2.21. The molecule has 1 aromatic rings. The lowest BCUT2D eigenvalue weighted by Gasteiger charge is -2.31. The molecule has 25 heavy (non-hydrogen) atoms. The summed E-state index contributed by atoms with van der Waals surface area (Å²) in [5.41, 5.74) is 0.786. The molecule has 0 bridgehead atoms. The van der Waals surface area contributed by atoms with Gasteiger partial charge >= 0.3 is 11.8 Å². The molecule has 0 aromatic heterocycles. The number of piperidine rings is 1. The summed E-state index contributed by atoms with van der Waals surface area (Å²) in [6.45, 7) is 4.47. The summed E-state index contributed by atoms with van der Waals surface area (Å²) < 4.78 is 5.09. The fourth-order valence-electron chi connectivity index (χ4n) is 2.85. The van der Waals surface area contributed by atoms with Crippen LogP contribution in [0.4, 0.5) is 0 Å². The van der Waals surface area contributed by atoms with Crippen molar-refractivity contribution < 1.29 is 14.3 Å². The average molecular weight is 368 g/mol. The quantitative estimate of drug-likeness (QED) is 0.715. The van der Waals surface area contributed by atoms with Gasteiger partial charge in [0, 0.05) is 31.8 Å². The van der Waals surface area contributed by atoms with Crippen molar-refractivity contribution in [3.8, 4) is 0 Å². The average Bonchev–Trinajstić information content (AvgIpc) is 2.64. The number of amides is 2. The maximum Gasteiger partial charge on any atom is 0.309 e. The van der Waals surface area contributed by atoms with Crippen molar-refractivity contribution in [1.82, 2.24) is 15.5 Å². The van der Waals surface area contributed by atoms with Crippen LogP contribution in [0.3, 0.4) is 0 Å². The molecule has 0 radical (unpaired) electrons. The number of rotatable bonds is 7. The zero-order valence-electron chi connectivity index (χ0n) is 14.6. The smallest absolute Gasteiger partial charge is 0.309 e. The Labute approximate surface area is 153 Å². The number of methoxy groups -OCH3 is 1. The predicted octanol–water partition coefficient (Wildman–Crippen LogP) is 1.43. The van der Waals surface area contributed by atoms with E-state index in [0.717, 1.165) is 44.6 Å². The molecule has 2 amide bonds. The van der Waals surface area contributed by atoms with Crippen molar-refractivity contribution in [2.24, 2.45) is 5.92 Å². The van der Waals surface area contributed by atoms with Crippen molar-refractivity contribution in [3.05, 3.63) is 34.9 Å². The van der Waals surface area contributed by atoms with Gasteiger partial charge in [-0.1, -0.05) is 29.8 Å². The first-order valence-electron chi connectivity index (χ1n) is 8.61. The zero-order chi connectivity index (χ0) is 18.1. The molecule has 2 N–H and O–H groups in total. The first kappa shape index (κ1) is 19.7. The molecule has 0 unspecified atom stereocenters. The molecule has 1 heterocycles. The van der Waals surface area contributed by atoms with Gasteiger partial charge in [0.25, 0.3) is 0 Å². The topological polar surface area (TPSA) is 70.7 Å². The number of halogens is 1. The van der Waals surface area contributed by atoms with Gasteiger partial charge in [-0.3, -0.25) is 9.59 Å². The van der Waals surface area contributed by atoms with Crippen LogP contribution in [0.5, 0.6) is 0 Å². The monoisotopic (exact) mass is 367 g/mol. The number of nitrogens with zero attached hydrogens (tertiary/aromatic N) is 1. The number of benzene rings is 1. The number of ether oxygens (including phenoxy) is 1. The first-order valence-corrected chi connectivity index (χ1v) is 8.98. The van der Waals surface area contributed by atoms with Gasteiger partial charge in [0.1, 0.15) is 0 Å². The van der Waals surface area contributed by atoms with E-state index in [4.69, 9.17) is 16.3 Å². The summed E-state index contributed by atoms with van der Waals surface area (Å²) in [6.07, 6.45) is 2.04. The molecule has 0 aliphatic carbocycles. The van der Waals surface area contributed by atoms with Gasteiger partial charge in [-0.25, -0.2) is 0 Å². The Hall–Kier alpha value is -1.63. The van der Waals surface area contributed by atoms with E-state index < -0.39 is 11.8 Å². The molecule has 0 spiro atoms. The van der Waals surface area contributed by atoms with Crippen molar-refractivity contribution >= 4 is 23.4 Å². The zero-order valence-corrected chi connectivity index (χ0v) is 15.3. The molecule has 1 saturated heterocycles. The molecule has 0 atom stereocenters. The Morgan fingerprint density at radius 3 is 2.56 bits per heavy atom. The number of hydrogen-bond donors (Lipinski definition) is 2. The van der Waals surface area contributed by atoms with Crippen molar-refractivity contribution in [3.63, 3.8) is 0 Å². The maximum atomic E-state index is 11.9. The number of hydrogen-bond acceptors (Lipinski definition) is 4. The van der Waals surface area contributed by atoms with E-state index in [1.165, 1.54) is 0 Å². The van der Waals surface area contributed by atoms with Gasteiger partial charge in [0.05, 0.1) is 6.61 Å². The van der Waals surface area contributed by atoms with Crippen LogP contribution in [0.2, 0.25) is 5.02 Å². The van der Waals surface area contributed by atoms with Crippen LogP contribution < -0.4 is 10.6 Å². The number of carbonyl (C=O) groups excluding carboxylic acids is 2. The van der Waals surface area contributed by atoms with Crippen LogP contribution in [-0.2, 0) is 20.9 Å². The van der Waals surface area contributed by atoms with E-state index in [-0.39, 0.29) is 6.54 Å². The van der Waals surface area contributed by atoms with Crippen LogP contribution in [0.15, 0.2) is 24.3 Å². The number of carbonyl (C=O) groups is 2. The highest BCUT2D eigenvalue weighted by molar-refractivity contribution is 6.35. The minimum atomic E-state index is -0.627. The standard InChI is InChI=1S/C18H26ClN3O3/c1-25-11-10-22-8-6-14(7-9-22)12-20-17(23)18(24)21-13-15-4-2-3-5-16(15)19/h2-5,14H,6-13H2,1H3,(H,20,23)(H,21,24). The minimum absolute atomic E-state index is 0.240. The lowest BCUT2D eigenvalue weighted by molar-refractivity contribution is -0.139. The van der Waals surface area contributed by atoms with Crippen LogP contribution in [0.25, 0.3) is 0 Å². The van der Waals surface area contributed by atoms with Crippen molar-refractivity contribution in [1.29, 1.82) is 0 Å². The second-order valence-electron chi connectivity index (χ2n) is 6.26. The largest absolute Gasteiger partial charge is 0.383 e. The first-order chi connectivity index (χ1) is 12.1. The van der Waals surface area contributed by atoms with Crippen molar-refractivity contribution in [2.75, 3.05) is 39.9 Å². The van der Waals surface area contributed by atoms with Gasteiger partial charge in [-0.15, -0.1) is 0 Å². The summed E-state index contributed by atoms with van der Waals surface area (Å²) in [5, 5.41) is 5.91. The lowest BCUT2D eigenvalue weighted by Crippen LogP contribution is -2.44. The second-order valence-corrected chi connectivity index (χ2v) is 6.67. The van der Waals surface area contributed by atoms with Gasteiger partial charge in [-0.2, -0.15) is 0 Å². The van der Waals surface area contributed by atoms with Crippen LogP contribution in [0.1, 0.15) is 18.4 Å². The molecule has 2 rings (SSSR count). The van der Waals surface area contributed by atoms with Gasteiger partial charge in [-0.05, 0) is 43.5 Å². The van der Waals surface area contributed by atoms with Gasteiger partial charge < -0.3 is 20.3 Å². The predicted molar refractivity (Wildman–Crippen MR) is 97.3 cm³/mol. The Morgan fingerprint density at radius 2 is 1.88 bits per heavy atom. The minimum Gasteiger partial charge on any atom is -0.383 e. The summed E-state index contributed by atoms with van der Waals surface area (Å²) in [6, 6.07) is 7.23. The molecule has 6 nitrogen and oxygen atoms in total. The molecule has 7 heteroatoms. The SMILES string of the molecule is COCCN1CCC(CNC(=O)C(=O)NCc2ccccc2Cl)CC1. The molecule has 1 fully saturated rings. The van der Waals surface area contributed by atoms with E-state index >= 15 is 0 Å². The Morgan fingerprint density at radius 1 is 1.20 bits per heavy atom. The third-order valence-electron chi connectivity index (χ3n) is 4.47. The Balaban J connectivity index is 1.65. The number of nitrogens with one attached hydrogen (secondary N) is 2. The highest BCUT2D eigenvalue weighted by Crippen LogP contribution is 2.16. The van der Waals surface area contributed by atoms with Crippen LogP contribution in [-0.4, -0.2) is 56.6 Å². The Kier molecular flexibility index (Phi) is 8.18. The third kappa shape index (κ3) is 6.65. The van der Waals surface area contributed by atoms with E-state index in [2.05, 4.69) is 15.5 Å². The van der Waals surface area contributed by atoms with Gasteiger partial charge in [0.2, 0.25) is 0 Å². The molecule has 1 aromatic carbocycles.